The van der Waals surface area contributed by atoms with Crippen LogP contribution >= 0.6 is 15.9 Å². The third kappa shape index (κ3) is 4.11. The maximum Gasteiger partial charge on any atom is 0.343 e. The van der Waals surface area contributed by atoms with E-state index in [4.69, 9.17) is 4.42 Å². The molecule has 146 valence electrons. The van der Waals surface area contributed by atoms with Gasteiger partial charge in [0.2, 0.25) is 0 Å². The number of rotatable bonds is 5. The SMILES string of the molecule is O=c1oc2ccccc2c(O)c1CC[C@@H](O)c1ccc(-c2ccc(Br)cc2)cc1. The van der Waals surface area contributed by atoms with Crippen LogP contribution in [0.2, 0.25) is 0 Å². The van der Waals surface area contributed by atoms with Crippen LogP contribution in [0.3, 0.4) is 0 Å². The van der Waals surface area contributed by atoms with E-state index in [1.54, 1.807) is 24.3 Å². The Morgan fingerprint density at radius 3 is 2.21 bits per heavy atom. The van der Waals surface area contributed by atoms with Gasteiger partial charge in [0.1, 0.15) is 11.3 Å². The van der Waals surface area contributed by atoms with Gasteiger partial charge in [-0.2, -0.15) is 0 Å². The summed E-state index contributed by atoms with van der Waals surface area (Å²) in [5.41, 5.74) is 2.88. The zero-order valence-electron chi connectivity index (χ0n) is 15.5. The molecule has 4 nitrogen and oxygen atoms in total. The van der Waals surface area contributed by atoms with Crippen molar-refractivity contribution in [3.05, 3.63) is 98.8 Å². The second-order valence-electron chi connectivity index (χ2n) is 6.90. The van der Waals surface area contributed by atoms with Gasteiger partial charge in [-0.3, -0.25) is 0 Å². The summed E-state index contributed by atoms with van der Waals surface area (Å²) in [6, 6.07) is 22.6. The van der Waals surface area contributed by atoms with E-state index in [0.29, 0.717) is 17.4 Å². The molecule has 0 aliphatic rings. The van der Waals surface area contributed by atoms with E-state index in [2.05, 4.69) is 15.9 Å². The van der Waals surface area contributed by atoms with Crippen LogP contribution < -0.4 is 5.63 Å². The molecule has 5 heteroatoms. The number of aliphatic hydroxyl groups is 1. The van der Waals surface area contributed by atoms with E-state index in [1.807, 2.05) is 48.5 Å². The van der Waals surface area contributed by atoms with E-state index in [0.717, 1.165) is 21.2 Å². The Hall–Kier alpha value is -2.89. The smallest absolute Gasteiger partial charge is 0.343 e. The van der Waals surface area contributed by atoms with Crippen LogP contribution in [0.1, 0.15) is 23.7 Å². The van der Waals surface area contributed by atoms with Crippen LogP contribution in [0.5, 0.6) is 5.75 Å². The van der Waals surface area contributed by atoms with E-state index in [9.17, 15) is 15.0 Å². The normalized spacial score (nSPS) is 12.2. The van der Waals surface area contributed by atoms with Crippen LogP contribution in [-0.2, 0) is 6.42 Å². The first-order valence-electron chi connectivity index (χ1n) is 9.30. The highest BCUT2D eigenvalue weighted by Crippen LogP contribution is 2.29. The van der Waals surface area contributed by atoms with Gasteiger partial charge in [-0.05, 0) is 53.8 Å². The summed E-state index contributed by atoms with van der Waals surface area (Å²) in [4.78, 5) is 12.2. The molecule has 0 radical (unpaired) electrons. The lowest BCUT2D eigenvalue weighted by Gasteiger charge is -2.12. The maximum absolute atomic E-state index is 12.2. The fraction of sp³-hybridized carbons (Fsp3) is 0.125. The summed E-state index contributed by atoms with van der Waals surface area (Å²) in [5, 5.41) is 21.5. The zero-order chi connectivity index (χ0) is 20.4. The molecule has 0 aliphatic heterocycles. The second-order valence-corrected chi connectivity index (χ2v) is 7.81. The number of aromatic hydroxyl groups is 1. The van der Waals surface area contributed by atoms with Crippen molar-refractivity contribution in [1.82, 2.24) is 0 Å². The van der Waals surface area contributed by atoms with Gasteiger partial charge in [-0.25, -0.2) is 4.79 Å². The van der Waals surface area contributed by atoms with Gasteiger partial charge in [-0.15, -0.1) is 0 Å². The lowest BCUT2D eigenvalue weighted by atomic mass is 9.98. The van der Waals surface area contributed by atoms with Gasteiger partial charge in [0, 0.05) is 4.47 Å². The van der Waals surface area contributed by atoms with Crippen molar-refractivity contribution in [2.24, 2.45) is 0 Å². The molecule has 4 rings (SSSR count). The summed E-state index contributed by atoms with van der Waals surface area (Å²) in [6.07, 6.45) is -0.234. The molecule has 1 heterocycles. The van der Waals surface area contributed by atoms with Crippen molar-refractivity contribution in [1.29, 1.82) is 0 Å². The molecular weight excluding hydrogens is 432 g/mol. The van der Waals surface area contributed by atoms with Gasteiger partial charge < -0.3 is 14.6 Å². The molecule has 1 aromatic heterocycles. The predicted molar refractivity (Wildman–Crippen MR) is 117 cm³/mol. The van der Waals surface area contributed by atoms with Gasteiger partial charge in [0.05, 0.1) is 17.1 Å². The summed E-state index contributed by atoms with van der Waals surface area (Å²) < 4.78 is 6.31. The second kappa shape index (κ2) is 8.23. The van der Waals surface area contributed by atoms with Crippen molar-refractivity contribution in [2.45, 2.75) is 18.9 Å². The highest BCUT2D eigenvalue weighted by Gasteiger charge is 2.16. The first kappa shape index (κ1) is 19.4. The minimum Gasteiger partial charge on any atom is -0.507 e. The number of aliphatic hydroxyl groups excluding tert-OH is 1. The van der Waals surface area contributed by atoms with Gasteiger partial charge in [0.25, 0.3) is 0 Å². The summed E-state index contributed by atoms with van der Waals surface area (Å²) in [5.74, 6) is -0.0744. The van der Waals surface area contributed by atoms with Crippen molar-refractivity contribution < 1.29 is 14.6 Å². The van der Waals surface area contributed by atoms with E-state index in [-0.39, 0.29) is 17.7 Å². The highest BCUT2D eigenvalue weighted by atomic mass is 79.9. The average Bonchev–Trinajstić information content (AvgIpc) is 2.74. The molecule has 0 fully saturated rings. The molecule has 0 spiro atoms. The number of benzene rings is 3. The molecule has 3 aromatic carbocycles. The Morgan fingerprint density at radius 1 is 0.897 bits per heavy atom. The van der Waals surface area contributed by atoms with Crippen molar-refractivity contribution in [2.75, 3.05) is 0 Å². The molecule has 1 atom stereocenters. The Labute approximate surface area is 176 Å². The Balaban J connectivity index is 1.50. The fourth-order valence-electron chi connectivity index (χ4n) is 3.38. The van der Waals surface area contributed by atoms with Crippen LogP contribution in [-0.4, -0.2) is 10.2 Å². The molecule has 2 N–H and O–H groups in total. The van der Waals surface area contributed by atoms with Crippen LogP contribution in [0.15, 0.2) is 86.5 Å². The fourth-order valence-corrected chi connectivity index (χ4v) is 3.64. The first-order valence-corrected chi connectivity index (χ1v) is 10.1. The summed E-state index contributed by atoms with van der Waals surface area (Å²) in [6.45, 7) is 0. The number of hydrogen-bond donors (Lipinski definition) is 2. The maximum atomic E-state index is 12.2. The molecule has 4 aromatic rings. The van der Waals surface area contributed by atoms with Crippen molar-refractivity contribution in [3.63, 3.8) is 0 Å². The quantitative estimate of drug-likeness (QED) is 0.388. The minimum atomic E-state index is -0.751. The van der Waals surface area contributed by atoms with Crippen LogP contribution in [0.4, 0.5) is 0 Å². The Kier molecular flexibility index (Phi) is 5.51. The third-order valence-corrected chi connectivity index (χ3v) is 5.55. The van der Waals surface area contributed by atoms with Crippen LogP contribution in [0.25, 0.3) is 22.1 Å². The Bertz CT molecular complexity index is 1190. The van der Waals surface area contributed by atoms with Crippen molar-refractivity contribution in [3.8, 4) is 16.9 Å². The minimum absolute atomic E-state index is 0.0744. The number of para-hydroxylation sites is 1. The lowest BCUT2D eigenvalue weighted by Crippen LogP contribution is -2.10. The monoisotopic (exact) mass is 450 g/mol. The molecular formula is C24H19BrO4. The molecule has 0 saturated carbocycles. The molecule has 0 unspecified atom stereocenters. The van der Waals surface area contributed by atoms with E-state index in [1.165, 1.54) is 0 Å². The topological polar surface area (TPSA) is 70.7 Å². The summed E-state index contributed by atoms with van der Waals surface area (Å²) >= 11 is 3.43. The standard InChI is InChI=1S/C24H19BrO4/c25-18-11-9-16(10-12-18)15-5-7-17(8-6-15)21(26)14-13-20-23(27)19-3-1-2-4-22(19)29-24(20)28/h1-12,21,26-27H,13-14H2/t21-/m1/s1. The number of halogens is 1. The van der Waals surface area contributed by atoms with Crippen molar-refractivity contribution >= 4 is 26.9 Å². The molecule has 29 heavy (non-hydrogen) atoms. The largest absolute Gasteiger partial charge is 0.507 e. The molecule has 0 bridgehead atoms. The number of hydrogen-bond acceptors (Lipinski definition) is 4. The lowest BCUT2D eigenvalue weighted by molar-refractivity contribution is 0.167. The van der Waals surface area contributed by atoms with E-state index >= 15 is 0 Å². The predicted octanol–water partition coefficient (Wildman–Crippen LogP) is 5.59. The third-order valence-electron chi connectivity index (χ3n) is 5.02. The van der Waals surface area contributed by atoms with Gasteiger partial charge in [-0.1, -0.05) is 64.5 Å². The number of fused-ring (bicyclic) bond motifs is 1. The van der Waals surface area contributed by atoms with Gasteiger partial charge >= 0.3 is 5.63 Å². The van der Waals surface area contributed by atoms with Crippen LogP contribution in [0, 0.1) is 0 Å². The summed E-state index contributed by atoms with van der Waals surface area (Å²) in [7, 11) is 0. The zero-order valence-corrected chi connectivity index (χ0v) is 17.1. The van der Waals surface area contributed by atoms with E-state index < -0.39 is 11.7 Å². The highest BCUT2D eigenvalue weighted by molar-refractivity contribution is 9.10. The molecule has 0 aliphatic carbocycles. The average molecular weight is 451 g/mol. The van der Waals surface area contributed by atoms with Gasteiger partial charge in [0.15, 0.2) is 0 Å². The first-order chi connectivity index (χ1) is 14.0. The molecule has 0 amide bonds. The Morgan fingerprint density at radius 2 is 1.52 bits per heavy atom. The molecule has 0 saturated heterocycles.